The van der Waals surface area contributed by atoms with Gasteiger partial charge in [0.15, 0.2) is 5.82 Å². The van der Waals surface area contributed by atoms with Crippen LogP contribution in [0.1, 0.15) is 30.1 Å². The Kier molecular flexibility index (Phi) is 3.84. The number of halogens is 1. The number of carbonyl (C=O) groups excluding carboxylic acids is 2. The normalized spacial score (nSPS) is 17.9. The zero-order valence-corrected chi connectivity index (χ0v) is 14.4. The smallest absolute Gasteiger partial charge is 0.327 e. The van der Waals surface area contributed by atoms with Crippen molar-refractivity contribution in [2.75, 3.05) is 6.54 Å². The summed E-state index contributed by atoms with van der Waals surface area (Å²) in [6.45, 7) is 0.220. The predicted octanol–water partition coefficient (Wildman–Crippen LogP) is 2.35. The Morgan fingerprint density at radius 1 is 1.21 bits per heavy atom. The van der Waals surface area contributed by atoms with E-state index in [9.17, 15) is 9.59 Å². The molecule has 0 unspecified atom stereocenters. The SMILES string of the molecule is O=C1CN(C2CC2)C(=O)N1Cc1noc(Cc2ccc(Br)cc2)n1. The molecule has 8 heteroatoms. The molecule has 0 spiro atoms. The van der Waals surface area contributed by atoms with E-state index in [1.165, 1.54) is 4.90 Å². The van der Waals surface area contributed by atoms with E-state index in [0.717, 1.165) is 22.9 Å². The fourth-order valence-electron chi connectivity index (χ4n) is 2.73. The molecule has 1 aromatic carbocycles. The maximum Gasteiger partial charge on any atom is 0.327 e. The zero-order valence-electron chi connectivity index (χ0n) is 12.8. The summed E-state index contributed by atoms with van der Waals surface area (Å²) in [5.41, 5.74) is 1.04. The molecule has 0 N–H and O–H groups in total. The van der Waals surface area contributed by atoms with Crippen LogP contribution in [0.2, 0.25) is 0 Å². The molecule has 2 aromatic rings. The van der Waals surface area contributed by atoms with E-state index in [1.54, 1.807) is 4.90 Å². The predicted molar refractivity (Wildman–Crippen MR) is 86.9 cm³/mol. The maximum absolute atomic E-state index is 12.3. The van der Waals surface area contributed by atoms with Gasteiger partial charge in [-0.3, -0.25) is 9.69 Å². The molecule has 1 aliphatic carbocycles. The minimum atomic E-state index is -0.248. The van der Waals surface area contributed by atoms with E-state index in [1.807, 2.05) is 24.3 Å². The molecule has 1 saturated carbocycles. The monoisotopic (exact) mass is 390 g/mol. The van der Waals surface area contributed by atoms with E-state index < -0.39 is 0 Å². The van der Waals surface area contributed by atoms with Gasteiger partial charge >= 0.3 is 6.03 Å². The van der Waals surface area contributed by atoms with Gasteiger partial charge < -0.3 is 9.42 Å². The fraction of sp³-hybridized carbons (Fsp3) is 0.375. The van der Waals surface area contributed by atoms with Crippen molar-refractivity contribution in [1.29, 1.82) is 0 Å². The summed E-state index contributed by atoms with van der Waals surface area (Å²) in [6.07, 6.45) is 2.47. The van der Waals surface area contributed by atoms with Crippen LogP contribution in [-0.4, -0.2) is 44.5 Å². The van der Waals surface area contributed by atoms with E-state index in [2.05, 4.69) is 26.1 Å². The van der Waals surface area contributed by atoms with Crippen molar-refractivity contribution in [2.24, 2.45) is 0 Å². The zero-order chi connectivity index (χ0) is 16.7. The number of amides is 3. The number of aromatic nitrogens is 2. The van der Waals surface area contributed by atoms with Crippen LogP contribution < -0.4 is 0 Å². The first-order valence-electron chi connectivity index (χ1n) is 7.77. The lowest BCUT2D eigenvalue weighted by molar-refractivity contribution is -0.125. The number of benzene rings is 1. The third kappa shape index (κ3) is 3.06. The Balaban J connectivity index is 1.42. The molecule has 124 valence electrons. The molecule has 24 heavy (non-hydrogen) atoms. The van der Waals surface area contributed by atoms with Crippen molar-refractivity contribution in [3.05, 3.63) is 46.0 Å². The molecule has 2 fully saturated rings. The lowest BCUT2D eigenvalue weighted by Gasteiger charge is -2.14. The quantitative estimate of drug-likeness (QED) is 0.732. The molecule has 3 amide bonds. The molecule has 0 radical (unpaired) electrons. The second kappa shape index (κ2) is 6.01. The standard InChI is InChI=1S/C16H15BrN4O3/c17-11-3-1-10(2-4-11)7-14-18-13(19-24-14)8-21-15(22)9-20(16(21)23)12-5-6-12/h1-4,12H,5-9H2. The number of nitrogens with zero attached hydrogens (tertiary/aromatic N) is 4. The van der Waals surface area contributed by atoms with Gasteiger partial charge in [0.1, 0.15) is 6.54 Å². The summed E-state index contributed by atoms with van der Waals surface area (Å²) in [5, 5.41) is 3.89. The van der Waals surface area contributed by atoms with Crippen molar-refractivity contribution in [1.82, 2.24) is 19.9 Å². The number of hydrogen-bond acceptors (Lipinski definition) is 5. The van der Waals surface area contributed by atoms with Gasteiger partial charge in [0.25, 0.3) is 5.91 Å². The Morgan fingerprint density at radius 2 is 1.96 bits per heavy atom. The number of rotatable bonds is 5. The average molecular weight is 391 g/mol. The van der Waals surface area contributed by atoms with Crippen LogP contribution in [0, 0.1) is 0 Å². The molecule has 0 bridgehead atoms. The third-order valence-corrected chi connectivity index (χ3v) is 4.68. The first kappa shape index (κ1) is 15.3. The van der Waals surface area contributed by atoms with Crippen LogP contribution in [0.3, 0.4) is 0 Å². The van der Waals surface area contributed by atoms with Crippen LogP contribution in [-0.2, 0) is 17.8 Å². The number of imide groups is 1. The van der Waals surface area contributed by atoms with Crippen LogP contribution in [0.25, 0.3) is 0 Å². The summed E-state index contributed by atoms with van der Waals surface area (Å²) in [4.78, 5) is 31.4. The highest BCUT2D eigenvalue weighted by Crippen LogP contribution is 2.30. The second-order valence-electron chi connectivity index (χ2n) is 6.03. The van der Waals surface area contributed by atoms with Crippen molar-refractivity contribution < 1.29 is 14.1 Å². The largest absolute Gasteiger partial charge is 0.339 e. The van der Waals surface area contributed by atoms with Gasteiger partial charge in [-0.05, 0) is 30.5 Å². The molecule has 1 aliphatic heterocycles. The summed E-state index contributed by atoms with van der Waals surface area (Å²) < 4.78 is 6.23. The van der Waals surface area contributed by atoms with Crippen LogP contribution in [0.4, 0.5) is 4.79 Å². The van der Waals surface area contributed by atoms with Gasteiger partial charge in [-0.1, -0.05) is 33.2 Å². The minimum Gasteiger partial charge on any atom is -0.339 e. The number of hydrogen-bond donors (Lipinski definition) is 0. The summed E-state index contributed by atoms with van der Waals surface area (Å²) in [6, 6.07) is 7.80. The Hall–Kier alpha value is -2.22. The molecule has 1 aromatic heterocycles. The van der Waals surface area contributed by atoms with E-state index >= 15 is 0 Å². The second-order valence-corrected chi connectivity index (χ2v) is 6.94. The highest BCUT2D eigenvalue weighted by Gasteiger charge is 2.44. The van der Waals surface area contributed by atoms with E-state index in [-0.39, 0.29) is 31.1 Å². The van der Waals surface area contributed by atoms with Crippen molar-refractivity contribution in [3.63, 3.8) is 0 Å². The Bertz CT molecular complexity index is 785. The van der Waals surface area contributed by atoms with Gasteiger partial charge in [0.05, 0.1) is 13.0 Å². The van der Waals surface area contributed by atoms with Crippen molar-refractivity contribution >= 4 is 27.9 Å². The van der Waals surface area contributed by atoms with Crippen LogP contribution in [0.15, 0.2) is 33.3 Å². The summed E-state index contributed by atoms with van der Waals surface area (Å²) in [7, 11) is 0. The lowest BCUT2D eigenvalue weighted by Crippen LogP contribution is -2.34. The molecular formula is C16H15BrN4O3. The minimum absolute atomic E-state index is 0.0602. The lowest BCUT2D eigenvalue weighted by atomic mass is 10.1. The number of urea groups is 1. The van der Waals surface area contributed by atoms with Crippen molar-refractivity contribution in [2.45, 2.75) is 31.8 Å². The van der Waals surface area contributed by atoms with E-state index in [4.69, 9.17) is 4.52 Å². The molecular weight excluding hydrogens is 376 g/mol. The summed E-state index contributed by atoms with van der Waals surface area (Å²) >= 11 is 3.39. The van der Waals surface area contributed by atoms with Gasteiger partial charge in [-0.2, -0.15) is 4.98 Å². The third-order valence-electron chi connectivity index (χ3n) is 4.15. The van der Waals surface area contributed by atoms with Gasteiger partial charge in [-0.15, -0.1) is 0 Å². The van der Waals surface area contributed by atoms with Crippen molar-refractivity contribution in [3.8, 4) is 0 Å². The Morgan fingerprint density at radius 3 is 2.67 bits per heavy atom. The molecule has 1 saturated heterocycles. The molecule has 0 atom stereocenters. The van der Waals surface area contributed by atoms with Crippen LogP contribution in [0.5, 0.6) is 0 Å². The maximum atomic E-state index is 12.3. The first-order valence-corrected chi connectivity index (χ1v) is 8.56. The Labute approximate surface area is 146 Å². The molecule has 7 nitrogen and oxygen atoms in total. The summed E-state index contributed by atoms with van der Waals surface area (Å²) in [5.74, 6) is 0.609. The molecule has 2 heterocycles. The number of carbonyl (C=O) groups is 2. The molecule has 2 aliphatic rings. The fourth-order valence-corrected chi connectivity index (χ4v) is 3.00. The van der Waals surface area contributed by atoms with Gasteiger partial charge in [0.2, 0.25) is 5.89 Å². The topological polar surface area (TPSA) is 79.5 Å². The van der Waals surface area contributed by atoms with Crippen LogP contribution >= 0.6 is 15.9 Å². The molecule has 4 rings (SSSR count). The highest BCUT2D eigenvalue weighted by atomic mass is 79.9. The van der Waals surface area contributed by atoms with E-state index in [0.29, 0.717) is 18.1 Å². The van der Waals surface area contributed by atoms with Gasteiger partial charge in [-0.25, -0.2) is 4.79 Å². The van der Waals surface area contributed by atoms with Gasteiger partial charge in [0, 0.05) is 10.5 Å². The highest BCUT2D eigenvalue weighted by molar-refractivity contribution is 9.10. The average Bonchev–Trinajstić information content (AvgIpc) is 3.26. The first-order chi connectivity index (χ1) is 11.6.